The number of halogens is 1. The summed E-state index contributed by atoms with van der Waals surface area (Å²) in [5.74, 6) is 0.617. The minimum absolute atomic E-state index is 0.0821. The van der Waals surface area contributed by atoms with Crippen LogP contribution in [0.4, 0.5) is 10.1 Å². The molecule has 0 atom stereocenters. The Hall–Kier alpha value is -3.55. The van der Waals surface area contributed by atoms with Gasteiger partial charge in [0.1, 0.15) is 11.4 Å². The summed E-state index contributed by atoms with van der Waals surface area (Å²) in [5.41, 5.74) is 1.76. The number of furan rings is 1. The third kappa shape index (κ3) is 3.58. The number of hydrogen-bond donors (Lipinski definition) is 1. The number of rotatable bonds is 3. The lowest BCUT2D eigenvalue weighted by atomic mass is 9.95. The number of likely N-dealkylation sites (tertiary alicyclic amines) is 1. The van der Waals surface area contributed by atoms with Crippen molar-refractivity contribution in [2.24, 2.45) is 5.92 Å². The highest BCUT2D eigenvalue weighted by Gasteiger charge is 2.30. The Kier molecular flexibility index (Phi) is 4.77. The molecule has 1 saturated heterocycles. The van der Waals surface area contributed by atoms with Gasteiger partial charge in [0, 0.05) is 41.7 Å². The van der Waals surface area contributed by atoms with Gasteiger partial charge in [-0.3, -0.25) is 9.59 Å². The summed E-state index contributed by atoms with van der Waals surface area (Å²) >= 11 is 0. The number of aryl methyl sites for hydroxylation is 1. The number of amides is 2. The maximum atomic E-state index is 13.5. The quantitative estimate of drug-likeness (QED) is 0.685. The highest BCUT2D eigenvalue weighted by Crippen LogP contribution is 2.34. The molecule has 0 unspecified atom stereocenters. The molecule has 2 aliphatic rings. The number of ether oxygens (including phenoxy) is 2. The van der Waals surface area contributed by atoms with Gasteiger partial charge < -0.3 is 24.1 Å². The lowest BCUT2D eigenvalue weighted by Crippen LogP contribution is -2.41. The highest BCUT2D eigenvalue weighted by molar-refractivity contribution is 5.99. The van der Waals surface area contributed by atoms with Crippen LogP contribution >= 0.6 is 0 Å². The van der Waals surface area contributed by atoms with Crippen molar-refractivity contribution in [2.45, 2.75) is 19.8 Å². The first-order chi connectivity index (χ1) is 15.0. The molecule has 8 heteroatoms. The van der Waals surface area contributed by atoms with Crippen LogP contribution in [0.25, 0.3) is 11.0 Å². The van der Waals surface area contributed by atoms with E-state index in [1.807, 2.05) is 0 Å². The van der Waals surface area contributed by atoms with Gasteiger partial charge in [-0.1, -0.05) is 0 Å². The number of carbonyl (C=O) groups excluding carboxylic acids is 2. The summed E-state index contributed by atoms with van der Waals surface area (Å²) in [6.07, 6.45) is 1.10. The number of nitrogens with zero attached hydrogens (tertiary/aromatic N) is 1. The van der Waals surface area contributed by atoms with Crippen LogP contribution in [0.1, 0.15) is 29.0 Å². The molecule has 1 aromatic heterocycles. The number of benzene rings is 2. The monoisotopic (exact) mass is 424 g/mol. The fraction of sp³-hybridized carbons (Fsp3) is 0.304. The summed E-state index contributed by atoms with van der Waals surface area (Å²) in [7, 11) is 0. The second-order valence-corrected chi connectivity index (χ2v) is 7.82. The Bertz CT molecular complexity index is 1180. The molecule has 2 amide bonds. The molecular formula is C23H21FN2O5. The Balaban J connectivity index is 1.22. The van der Waals surface area contributed by atoms with Crippen LogP contribution in [-0.4, -0.2) is 36.6 Å². The molecule has 5 rings (SSSR count). The van der Waals surface area contributed by atoms with Gasteiger partial charge in [-0.05, 0) is 50.1 Å². The Morgan fingerprint density at radius 1 is 1.06 bits per heavy atom. The lowest BCUT2D eigenvalue weighted by molar-refractivity contribution is -0.121. The molecular weight excluding hydrogens is 403 g/mol. The summed E-state index contributed by atoms with van der Waals surface area (Å²) < 4.78 is 29.9. The standard InChI is InChI=1S/C23H21FN2O5/c1-13-17-10-15(24)2-4-18(17)31-21(13)23(28)26-8-6-14(7-9-26)22(27)25-16-3-5-19-20(11-16)30-12-29-19/h2-5,10-11,14H,6-9,12H2,1H3,(H,25,27). The first-order valence-electron chi connectivity index (χ1n) is 10.2. The zero-order valence-corrected chi connectivity index (χ0v) is 16.9. The predicted octanol–water partition coefficient (Wildman–Crippen LogP) is 4.10. The molecule has 2 aromatic carbocycles. The average Bonchev–Trinajstić information content (AvgIpc) is 3.37. The zero-order valence-electron chi connectivity index (χ0n) is 16.9. The van der Waals surface area contributed by atoms with E-state index in [1.54, 1.807) is 30.0 Å². The molecule has 0 spiro atoms. The van der Waals surface area contributed by atoms with Crippen molar-refractivity contribution in [3.05, 3.63) is 53.5 Å². The van der Waals surface area contributed by atoms with Crippen molar-refractivity contribution in [1.82, 2.24) is 4.90 Å². The molecule has 3 aromatic rings. The van der Waals surface area contributed by atoms with Gasteiger partial charge in [-0.2, -0.15) is 0 Å². The van der Waals surface area contributed by atoms with Crippen LogP contribution in [0, 0.1) is 18.7 Å². The van der Waals surface area contributed by atoms with E-state index in [4.69, 9.17) is 13.9 Å². The molecule has 0 saturated carbocycles. The molecule has 0 aliphatic carbocycles. The van der Waals surface area contributed by atoms with E-state index in [0.29, 0.717) is 59.7 Å². The topological polar surface area (TPSA) is 81.0 Å². The van der Waals surface area contributed by atoms with E-state index in [0.717, 1.165) is 0 Å². The molecule has 31 heavy (non-hydrogen) atoms. The van der Waals surface area contributed by atoms with Crippen molar-refractivity contribution >= 4 is 28.5 Å². The summed E-state index contributed by atoms with van der Waals surface area (Å²) in [5, 5.41) is 3.52. The van der Waals surface area contributed by atoms with Crippen LogP contribution in [0.15, 0.2) is 40.8 Å². The Morgan fingerprint density at radius 2 is 1.84 bits per heavy atom. The summed E-state index contributed by atoms with van der Waals surface area (Å²) in [6, 6.07) is 9.49. The average molecular weight is 424 g/mol. The first-order valence-corrected chi connectivity index (χ1v) is 10.2. The van der Waals surface area contributed by atoms with E-state index in [2.05, 4.69) is 5.32 Å². The fourth-order valence-corrected chi connectivity index (χ4v) is 4.10. The van der Waals surface area contributed by atoms with Crippen molar-refractivity contribution in [2.75, 3.05) is 25.2 Å². The van der Waals surface area contributed by atoms with Crippen molar-refractivity contribution < 1.29 is 27.9 Å². The van der Waals surface area contributed by atoms with E-state index in [-0.39, 0.29) is 36.1 Å². The van der Waals surface area contributed by atoms with Crippen LogP contribution in [-0.2, 0) is 4.79 Å². The minimum Gasteiger partial charge on any atom is -0.454 e. The zero-order chi connectivity index (χ0) is 21.5. The molecule has 0 bridgehead atoms. The van der Waals surface area contributed by atoms with Crippen molar-refractivity contribution in [1.29, 1.82) is 0 Å². The number of carbonyl (C=O) groups is 2. The molecule has 7 nitrogen and oxygen atoms in total. The van der Waals surface area contributed by atoms with E-state index in [1.165, 1.54) is 18.2 Å². The maximum Gasteiger partial charge on any atom is 0.289 e. The van der Waals surface area contributed by atoms with E-state index in [9.17, 15) is 14.0 Å². The van der Waals surface area contributed by atoms with Gasteiger partial charge in [0.05, 0.1) is 0 Å². The molecule has 1 fully saturated rings. The van der Waals surface area contributed by atoms with Gasteiger partial charge in [0.2, 0.25) is 12.7 Å². The van der Waals surface area contributed by atoms with E-state index < -0.39 is 0 Å². The second kappa shape index (κ2) is 7.61. The number of fused-ring (bicyclic) bond motifs is 2. The Labute approximate surface area is 177 Å². The van der Waals surface area contributed by atoms with Crippen LogP contribution in [0.3, 0.4) is 0 Å². The molecule has 2 aliphatic heterocycles. The first kappa shape index (κ1) is 19.4. The smallest absolute Gasteiger partial charge is 0.289 e. The summed E-state index contributed by atoms with van der Waals surface area (Å²) in [6.45, 7) is 2.83. The van der Waals surface area contributed by atoms with Gasteiger partial charge in [-0.25, -0.2) is 4.39 Å². The molecule has 3 heterocycles. The largest absolute Gasteiger partial charge is 0.454 e. The fourth-order valence-electron chi connectivity index (χ4n) is 4.10. The number of hydrogen-bond acceptors (Lipinski definition) is 5. The molecule has 0 radical (unpaired) electrons. The maximum absolute atomic E-state index is 13.5. The van der Waals surface area contributed by atoms with Gasteiger partial charge in [-0.15, -0.1) is 0 Å². The third-order valence-corrected chi connectivity index (χ3v) is 5.89. The number of nitrogens with one attached hydrogen (secondary N) is 1. The Morgan fingerprint density at radius 3 is 2.65 bits per heavy atom. The number of anilines is 1. The van der Waals surface area contributed by atoms with Gasteiger partial charge in [0.25, 0.3) is 5.91 Å². The van der Waals surface area contributed by atoms with Crippen molar-refractivity contribution in [3.63, 3.8) is 0 Å². The lowest BCUT2D eigenvalue weighted by Gasteiger charge is -2.31. The van der Waals surface area contributed by atoms with Crippen molar-refractivity contribution in [3.8, 4) is 11.5 Å². The van der Waals surface area contributed by atoms with Gasteiger partial charge in [0.15, 0.2) is 17.3 Å². The van der Waals surface area contributed by atoms with Crippen LogP contribution in [0.2, 0.25) is 0 Å². The predicted molar refractivity (Wildman–Crippen MR) is 111 cm³/mol. The van der Waals surface area contributed by atoms with E-state index >= 15 is 0 Å². The molecule has 1 N–H and O–H groups in total. The summed E-state index contributed by atoms with van der Waals surface area (Å²) in [4.78, 5) is 27.3. The second-order valence-electron chi connectivity index (χ2n) is 7.82. The van der Waals surface area contributed by atoms with Crippen LogP contribution in [0.5, 0.6) is 11.5 Å². The minimum atomic E-state index is -0.371. The normalized spacial score (nSPS) is 16.0. The third-order valence-electron chi connectivity index (χ3n) is 5.89. The van der Waals surface area contributed by atoms with Gasteiger partial charge >= 0.3 is 0 Å². The SMILES string of the molecule is Cc1c(C(=O)N2CCC(C(=O)Nc3ccc4c(c3)OCO4)CC2)oc2ccc(F)cc12. The molecule has 160 valence electrons. The highest BCUT2D eigenvalue weighted by atomic mass is 19.1. The van der Waals surface area contributed by atoms with Crippen LogP contribution < -0.4 is 14.8 Å². The number of piperidine rings is 1.